The van der Waals surface area contributed by atoms with Crippen molar-refractivity contribution in [3.05, 3.63) is 0 Å². The molecule has 3 aliphatic rings. The molecule has 3 N–H and O–H groups in total. The molecule has 0 spiro atoms. The Labute approximate surface area is 187 Å². The van der Waals surface area contributed by atoms with E-state index in [0.717, 1.165) is 65.0 Å². The Hall–Kier alpha value is -1.38. The Bertz CT molecular complexity index is 559. The molecule has 178 valence electrons. The second-order valence-corrected chi connectivity index (χ2v) is 9.95. The molecular weight excluding hydrogens is 394 g/mol. The number of urea groups is 1. The highest BCUT2D eigenvalue weighted by atomic mass is 16.5. The average molecular weight is 438 g/mol. The number of carbonyl (C=O) groups is 2. The Kier molecular flexibility index (Phi) is 9.87. The van der Waals surface area contributed by atoms with Crippen LogP contribution in [0.5, 0.6) is 0 Å². The standard InChI is InChI=1S/C23H43N5O3/c1-18(2)15-28-12-13-31-21(16-28)14-24-22(29)17-27-10-8-20(9-11-27)26-23(30)25-19-6-4-3-5-7-19/h18-21H,3-17H2,1-2H3,(H,24,29)(H2,25,26,30). The van der Waals surface area contributed by atoms with E-state index in [0.29, 0.717) is 25.0 Å². The Morgan fingerprint density at radius 2 is 1.61 bits per heavy atom. The van der Waals surface area contributed by atoms with Crippen molar-refractivity contribution in [1.82, 2.24) is 25.8 Å². The van der Waals surface area contributed by atoms with Gasteiger partial charge in [-0.25, -0.2) is 4.79 Å². The van der Waals surface area contributed by atoms with Crippen LogP contribution in [0.1, 0.15) is 58.8 Å². The van der Waals surface area contributed by atoms with Crippen LogP contribution in [0.3, 0.4) is 0 Å². The molecule has 1 saturated carbocycles. The van der Waals surface area contributed by atoms with Crippen molar-refractivity contribution >= 4 is 11.9 Å². The lowest BCUT2D eigenvalue weighted by Gasteiger charge is -2.34. The van der Waals surface area contributed by atoms with E-state index in [9.17, 15) is 9.59 Å². The second-order valence-electron chi connectivity index (χ2n) is 9.95. The van der Waals surface area contributed by atoms with Crippen molar-refractivity contribution in [3.63, 3.8) is 0 Å². The van der Waals surface area contributed by atoms with Crippen LogP contribution in [0.2, 0.25) is 0 Å². The lowest BCUT2D eigenvalue weighted by Crippen LogP contribution is -2.52. The lowest BCUT2D eigenvalue weighted by molar-refractivity contribution is -0.123. The number of piperidine rings is 1. The van der Waals surface area contributed by atoms with Gasteiger partial charge in [0.25, 0.3) is 0 Å². The van der Waals surface area contributed by atoms with Crippen molar-refractivity contribution in [2.45, 2.75) is 77.0 Å². The van der Waals surface area contributed by atoms with Gasteiger partial charge in [-0.05, 0) is 31.6 Å². The smallest absolute Gasteiger partial charge is 0.315 e. The SMILES string of the molecule is CC(C)CN1CCOC(CNC(=O)CN2CCC(NC(=O)NC3CCCCC3)CC2)C1. The molecule has 0 aromatic carbocycles. The first-order valence-corrected chi connectivity index (χ1v) is 12.4. The summed E-state index contributed by atoms with van der Waals surface area (Å²) < 4.78 is 5.82. The number of rotatable bonds is 8. The number of nitrogens with zero attached hydrogens (tertiary/aromatic N) is 2. The zero-order valence-corrected chi connectivity index (χ0v) is 19.5. The van der Waals surface area contributed by atoms with E-state index in [4.69, 9.17) is 4.74 Å². The fourth-order valence-corrected chi connectivity index (χ4v) is 4.97. The van der Waals surface area contributed by atoms with E-state index < -0.39 is 0 Å². The van der Waals surface area contributed by atoms with Gasteiger partial charge in [0.1, 0.15) is 0 Å². The van der Waals surface area contributed by atoms with Crippen LogP contribution in [0.15, 0.2) is 0 Å². The topological polar surface area (TPSA) is 85.9 Å². The van der Waals surface area contributed by atoms with E-state index in [2.05, 4.69) is 39.6 Å². The summed E-state index contributed by atoms with van der Waals surface area (Å²) in [4.78, 5) is 29.2. The molecule has 8 heteroatoms. The van der Waals surface area contributed by atoms with Gasteiger partial charge in [-0.3, -0.25) is 14.6 Å². The molecule has 0 aromatic heterocycles. The number of hydrogen-bond donors (Lipinski definition) is 3. The van der Waals surface area contributed by atoms with E-state index in [1.165, 1.54) is 19.3 Å². The van der Waals surface area contributed by atoms with Crippen molar-refractivity contribution in [1.29, 1.82) is 0 Å². The van der Waals surface area contributed by atoms with Crippen molar-refractivity contribution in [2.24, 2.45) is 5.92 Å². The minimum Gasteiger partial charge on any atom is -0.374 e. The van der Waals surface area contributed by atoms with Gasteiger partial charge in [-0.2, -0.15) is 0 Å². The van der Waals surface area contributed by atoms with E-state index in [-0.39, 0.29) is 24.1 Å². The van der Waals surface area contributed by atoms with Gasteiger partial charge in [0.05, 0.1) is 19.3 Å². The van der Waals surface area contributed by atoms with E-state index >= 15 is 0 Å². The maximum Gasteiger partial charge on any atom is 0.315 e. The highest BCUT2D eigenvalue weighted by molar-refractivity contribution is 5.78. The summed E-state index contributed by atoms with van der Waals surface area (Å²) in [6.45, 7) is 10.8. The fraction of sp³-hybridized carbons (Fsp3) is 0.913. The number of likely N-dealkylation sites (tertiary alicyclic amines) is 1. The summed E-state index contributed by atoms with van der Waals surface area (Å²) >= 11 is 0. The first-order chi connectivity index (χ1) is 15.0. The second kappa shape index (κ2) is 12.6. The van der Waals surface area contributed by atoms with Gasteiger partial charge in [-0.15, -0.1) is 0 Å². The van der Waals surface area contributed by atoms with Crippen LogP contribution >= 0.6 is 0 Å². The summed E-state index contributed by atoms with van der Waals surface area (Å²) in [6, 6.07) is 0.510. The molecule has 0 aromatic rings. The number of morpholine rings is 1. The molecule has 3 amide bonds. The fourth-order valence-electron chi connectivity index (χ4n) is 4.97. The van der Waals surface area contributed by atoms with Crippen LogP contribution in [0.4, 0.5) is 4.79 Å². The molecule has 1 atom stereocenters. The Morgan fingerprint density at radius 1 is 0.935 bits per heavy atom. The molecule has 2 aliphatic heterocycles. The first kappa shape index (κ1) is 24.3. The van der Waals surface area contributed by atoms with Crippen LogP contribution in [-0.4, -0.2) is 92.3 Å². The van der Waals surface area contributed by atoms with Crippen LogP contribution < -0.4 is 16.0 Å². The molecule has 1 aliphatic carbocycles. The van der Waals surface area contributed by atoms with Gasteiger partial charge >= 0.3 is 6.03 Å². The number of nitrogens with one attached hydrogen (secondary N) is 3. The summed E-state index contributed by atoms with van der Waals surface area (Å²) in [5, 5.41) is 9.31. The monoisotopic (exact) mass is 437 g/mol. The molecule has 0 radical (unpaired) electrons. The van der Waals surface area contributed by atoms with Crippen LogP contribution in [0.25, 0.3) is 0 Å². The van der Waals surface area contributed by atoms with Crippen LogP contribution in [0, 0.1) is 5.92 Å². The minimum atomic E-state index is -0.0258. The molecule has 1 unspecified atom stereocenters. The summed E-state index contributed by atoms with van der Waals surface area (Å²) in [6.07, 6.45) is 7.78. The maximum absolute atomic E-state index is 12.4. The maximum atomic E-state index is 12.4. The van der Waals surface area contributed by atoms with Gasteiger partial charge in [0, 0.05) is 51.4 Å². The number of ether oxygens (including phenoxy) is 1. The summed E-state index contributed by atoms with van der Waals surface area (Å²) in [5.41, 5.74) is 0. The number of amides is 3. The largest absolute Gasteiger partial charge is 0.374 e. The third-order valence-corrected chi connectivity index (χ3v) is 6.60. The number of carbonyl (C=O) groups excluding carboxylic acids is 2. The van der Waals surface area contributed by atoms with Crippen molar-refractivity contribution < 1.29 is 14.3 Å². The van der Waals surface area contributed by atoms with Gasteiger partial charge in [0.15, 0.2) is 0 Å². The molecule has 2 heterocycles. The lowest BCUT2D eigenvalue weighted by atomic mass is 9.96. The third kappa shape index (κ3) is 8.94. The normalized spacial score (nSPS) is 24.8. The highest BCUT2D eigenvalue weighted by Crippen LogP contribution is 2.17. The zero-order valence-electron chi connectivity index (χ0n) is 19.5. The Balaban J connectivity index is 1.27. The highest BCUT2D eigenvalue weighted by Gasteiger charge is 2.25. The van der Waals surface area contributed by atoms with Gasteiger partial charge in [0.2, 0.25) is 5.91 Å². The van der Waals surface area contributed by atoms with Crippen molar-refractivity contribution in [3.8, 4) is 0 Å². The third-order valence-electron chi connectivity index (χ3n) is 6.60. The summed E-state index contributed by atoms with van der Waals surface area (Å²) in [5.74, 6) is 0.704. The predicted octanol–water partition coefficient (Wildman–Crippen LogP) is 1.56. The van der Waals surface area contributed by atoms with Crippen molar-refractivity contribution in [2.75, 3.05) is 52.4 Å². The molecule has 3 rings (SSSR count). The average Bonchev–Trinajstić information content (AvgIpc) is 2.74. The quantitative estimate of drug-likeness (QED) is 0.537. The summed E-state index contributed by atoms with van der Waals surface area (Å²) in [7, 11) is 0. The zero-order chi connectivity index (χ0) is 22.1. The Morgan fingerprint density at radius 3 is 2.29 bits per heavy atom. The van der Waals surface area contributed by atoms with E-state index in [1.54, 1.807) is 0 Å². The first-order valence-electron chi connectivity index (χ1n) is 12.4. The van der Waals surface area contributed by atoms with Gasteiger partial charge in [-0.1, -0.05) is 33.1 Å². The molecule has 31 heavy (non-hydrogen) atoms. The predicted molar refractivity (Wildman–Crippen MR) is 122 cm³/mol. The molecule has 0 bridgehead atoms. The minimum absolute atomic E-state index is 0.0258. The molecule has 2 saturated heterocycles. The molecular formula is C23H43N5O3. The molecule has 8 nitrogen and oxygen atoms in total. The molecule has 3 fully saturated rings. The van der Waals surface area contributed by atoms with Gasteiger partial charge < -0.3 is 20.7 Å². The number of hydrogen-bond acceptors (Lipinski definition) is 5. The van der Waals surface area contributed by atoms with Crippen LogP contribution in [-0.2, 0) is 9.53 Å². The van der Waals surface area contributed by atoms with E-state index in [1.807, 2.05) is 0 Å².